The standard InChI is InChI=1S/C16H19N5O2/c1-8-10(6-7-18-15(8)22)16(23)21-14-11(13(17)20-21)4-5-12(19-14)9-2-3-9/h4-5,8-10H,2-3,6-7H2,1H3,(H2,17,20)(H,18,22). The van der Waals surface area contributed by atoms with E-state index in [4.69, 9.17) is 5.73 Å². The lowest BCUT2D eigenvalue weighted by Gasteiger charge is -2.26. The molecule has 1 aliphatic carbocycles. The average Bonchev–Trinajstić information content (AvgIpc) is 3.34. The Bertz CT molecular complexity index is 808. The number of aromatic nitrogens is 3. The fourth-order valence-electron chi connectivity index (χ4n) is 3.23. The molecule has 3 heterocycles. The molecule has 23 heavy (non-hydrogen) atoms. The van der Waals surface area contributed by atoms with Crippen LogP contribution in [0.4, 0.5) is 5.82 Å². The highest BCUT2D eigenvalue weighted by molar-refractivity contribution is 5.97. The zero-order valence-corrected chi connectivity index (χ0v) is 13.0. The summed E-state index contributed by atoms with van der Waals surface area (Å²) in [5.41, 5.74) is 7.44. The topological polar surface area (TPSA) is 103 Å². The Morgan fingerprint density at radius 3 is 2.87 bits per heavy atom. The summed E-state index contributed by atoms with van der Waals surface area (Å²) in [6.45, 7) is 2.28. The number of rotatable bonds is 2. The number of nitrogens with zero attached hydrogens (tertiary/aromatic N) is 3. The SMILES string of the molecule is CC1C(=O)NCCC1C(=O)n1nc(N)c2ccc(C3CC3)nc21. The zero-order chi connectivity index (χ0) is 16.1. The minimum atomic E-state index is -0.391. The molecule has 0 aromatic carbocycles. The van der Waals surface area contributed by atoms with Gasteiger partial charge in [0, 0.05) is 24.1 Å². The number of anilines is 1. The number of fused-ring (bicyclic) bond motifs is 1. The molecule has 2 unspecified atom stereocenters. The molecule has 1 saturated carbocycles. The molecule has 3 N–H and O–H groups in total. The van der Waals surface area contributed by atoms with Crippen molar-refractivity contribution in [2.75, 3.05) is 12.3 Å². The van der Waals surface area contributed by atoms with Crippen LogP contribution in [0.15, 0.2) is 12.1 Å². The molecule has 2 aromatic heterocycles. The largest absolute Gasteiger partial charge is 0.382 e. The number of carbonyl (C=O) groups is 2. The summed E-state index contributed by atoms with van der Waals surface area (Å²) in [5.74, 6) is -0.268. The first kappa shape index (κ1) is 14.2. The summed E-state index contributed by atoms with van der Waals surface area (Å²) in [7, 11) is 0. The molecule has 1 aliphatic heterocycles. The number of nitrogens with one attached hydrogen (secondary N) is 1. The second-order valence-electron chi connectivity index (χ2n) is 6.49. The van der Waals surface area contributed by atoms with Crippen LogP contribution in [-0.4, -0.2) is 33.1 Å². The maximum atomic E-state index is 12.9. The maximum absolute atomic E-state index is 12.9. The van der Waals surface area contributed by atoms with Gasteiger partial charge in [-0.25, -0.2) is 4.98 Å². The van der Waals surface area contributed by atoms with Crippen LogP contribution in [0.5, 0.6) is 0 Å². The molecule has 1 saturated heterocycles. The van der Waals surface area contributed by atoms with Crippen molar-refractivity contribution in [3.63, 3.8) is 0 Å². The van der Waals surface area contributed by atoms with Gasteiger partial charge in [0.05, 0.1) is 11.3 Å². The normalized spacial score (nSPS) is 24.7. The smallest absolute Gasteiger partial charge is 0.252 e. The number of amides is 1. The Morgan fingerprint density at radius 1 is 1.35 bits per heavy atom. The van der Waals surface area contributed by atoms with E-state index in [2.05, 4.69) is 15.4 Å². The summed E-state index contributed by atoms with van der Waals surface area (Å²) >= 11 is 0. The Hall–Kier alpha value is -2.44. The predicted molar refractivity (Wildman–Crippen MR) is 84.8 cm³/mol. The number of pyridine rings is 1. The van der Waals surface area contributed by atoms with Crippen molar-refractivity contribution in [3.05, 3.63) is 17.8 Å². The second-order valence-corrected chi connectivity index (χ2v) is 6.49. The van der Waals surface area contributed by atoms with E-state index in [-0.39, 0.29) is 17.7 Å². The fraction of sp³-hybridized carbons (Fsp3) is 0.500. The number of hydrogen-bond donors (Lipinski definition) is 2. The van der Waals surface area contributed by atoms with Gasteiger partial charge in [0.1, 0.15) is 0 Å². The van der Waals surface area contributed by atoms with Crippen molar-refractivity contribution < 1.29 is 9.59 Å². The van der Waals surface area contributed by atoms with E-state index < -0.39 is 5.92 Å². The van der Waals surface area contributed by atoms with E-state index in [0.717, 1.165) is 18.5 Å². The highest BCUT2D eigenvalue weighted by Crippen LogP contribution is 2.39. The lowest BCUT2D eigenvalue weighted by molar-refractivity contribution is -0.127. The summed E-state index contributed by atoms with van der Waals surface area (Å²) < 4.78 is 1.30. The van der Waals surface area contributed by atoms with Crippen LogP contribution >= 0.6 is 0 Å². The number of nitrogen functional groups attached to an aromatic ring is 1. The van der Waals surface area contributed by atoms with Crippen LogP contribution in [-0.2, 0) is 4.79 Å². The van der Waals surface area contributed by atoms with Gasteiger partial charge in [0.15, 0.2) is 11.5 Å². The molecule has 120 valence electrons. The van der Waals surface area contributed by atoms with Gasteiger partial charge in [-0.05, 0) is 31.4 Å². The first-order chi connectivity index (χ1) is 11.1. The highest BCUT2D eigenvalue weighted by Gasteiger charge is 2.36. The van der Waals surface area contributed by atoms with Gasteiger partial charge in [-0.15, -0.1) is 5.10 Å². The number of carbonyl (C=O) groups excluding carboxylic acids is 2. The van der Waals surface area contributed by atoms with E-state index in [1.165, 1.54) is 4.68 Å². The van der Waals surface area contributed by atoms with Crippen molar-refractivity contribution in [3.8, 4) is 0 Å². The molecule has 7 heteroatoms. The minimum Gasteiger partial charge on any atom is -0.382 e. The first-order valence-electron chi connectivity index (χ1n) is 8.03. The number of nitrogens with two attached hydrogens (primary N) is 1. The van der Waals surface area contributed by atoms with Crippen LogP contribution in [0.25, 0.3) is 11.0 Å². The van der Waals surface area contributed by atoms with E-state index in [0.29, 0.717) is 35.7 Å². The monoisotopic (exact) mass is 313 g/mol. The van der Waals surface area contributed by atoms with Crippen LogP contribution in [0.3, 0.4) is 0 Å². The molecule has 7 nitrogen and oxygen atoms in total. The number of piperidine rings is 1. The summed E-state index contributed by atoms with van der Waals surface area (Å²) in [6, 6.07) is 3.85. The third kappa shape index (κ3) is 2.27. The van der Waals surface area contributed by atoms with Crippen LogP contribution in [0, 0.1) is 11.8 Å². The molecular formula is C16H19N5O2. The van der Waals surface area contributed by atoms with Gasteiger partial charge >= 0.3 is 0 Å². The average molecular weight is 313 g/mol. The molecule has 2 atom stereocenters. The predicted octanol–water partition coefficient (Wildman–Crippen LogP) is 1.30. The summed E-state index contributed by atoms with van der Waals surface area (Å²) in [6.07, 6.45) is 2.88. The number of hydrogen-bond acceptors (Lipinski definition) is 5. The van der Waals surface area contributed by atoms with Crippen LogP contribution < -0.4 is 11.1 Å². The van der Waals surface area contributed by atoms with Gasteiger partial charge in [-0.2, -0.15) is 4.68 Å². The van der Waals surface area contributed by atoms with E-state index in [1.807, 2.05) is 12.1 Å². The van der Waals surface area contributed by atoms with Gasteiger partial charge in [0.2, 0.25) is 5.91 Å². The molecule has 1 amide bonds. The first-order valence-corrected chi connectivity index (χ1v) is 8.03. The third-order valence-electron chi connectivity index (χ3n) is 4.87. The van der Waals surface area contributed by atoms with E-state index in [1.54, 1.807) is 6.92 Å². The van der Waals surface area contributed by atoms with Crippen molar-refractivity contribution >= 4 is 28.7 Å². The van der Waals surface area contributed by atoms with E-state index >= 15 is 0 Å². The molecule has 0 radical (unpaired) electrons. The maximum Gasteiger partial charge on any atom is 0.252 e. The van der Waals surface area contributed by atoms with Crippen molar-refractivity contribution in [2.45, 2.75) is 32.1 Å². The summed E-state index contributed by atoms with van der Waals surface area (Å²) in [5, 5.41) is 7.67. The minimum absolute atomic E-state index is 0.0920. The molecule has 2 aromatic rings. The Labute approximate surface area is 133 Å². The zero-order valence-electron chi connectivity index (χ0n) is 13.0. The highest BCUT2D eigenvalue weighted by atomic mass is 16.2. The summed E-state index contributed by atoms with van der Waals surface area (Å²) in [4.78, 5) is 29.3. The van der Waals surface area contributed by atoms with Gasteiger partial charge in [-0.3, -0.25) is 9.59 Å². The molecule has 0 spiro atoms. The van der Waals surface area contributed by atoms with Crippen molar-refractivity contribution in [1.82, 2.24) is 20.1 Å². The van der Waals surface area contributed by atoms with Gasteiger partial charge in [0.25, 0.3) is 5.91 Å². The molecule has 2 fully saturated rings. The van der Waals surface area contributed by atoms with E-state index in [9.17, 15) is 9.59 Å². The molecule has 2 aliphatic rings. The van der Waals surface area contributed by atoms with Crippen LogP contribution in [0.1, 0.15) is 42.6 Å². The quantitative estimate of drug-likeness (QED) is 0.870. The van der Waals surface area contributed by atoms with Gasteiger partial charge < -0.3 is 11.1 Å². The Kier molecular flexibility index (Phi) is 3.11. The molecule has 4 rings (SSSR count). The van der Waals surface area contributed by atoms with Gasteiger partial charge in [-0.1, -0.05) is 6.92 Å². The molecular weight excluding hydrogens is 294 g/mol. The lowest BCUT2D eigenvalue weighted by atomic mass is 9.86. The Balaban J connectivity index is 1.76. The lowest BCUT2D eigenvalue weighted by Crippen LogP contribution is -2.45. The van der Waals surface area contributed by atoms with Crippen molar-refractivity contribution in [1.29, 1.82) is 0 Å². The fourth-order valence-corrected chi connectivity index (χ4v) is 3.23. The third-order valence-corrected chi connectivity index (χ3v) is 4.87. The van der Waals surface area contributed by atoms with Crippen molar-refractivity contribution in [2.24, 2.45) is 11.8 Å². The molecule has 0 bridgehead atoms. The Morgan fingerprint density at radius 2 is 2.13 bits per heavy atom. The van der Waals surface area contributed by atoms with Crippen LogP contribution in [0.2, 0.25) is 0 Å². The second kappa shape index (κ2) is 5.04.